The minimum absolute atomic E-state index is 0.0725. The Morgan fingerprint density at radius 2 is 1.47 bits per heavy atom. The van der Waals surface area contributed by atoms with E-state index in [4.69, 9.17) is 23.7 Å². The summed E-state index contributed by atoms with van der Waals surface area (Å²) >= 11 is 0. The van der Waals surface area contributed by atoms with E-state index in [0.717, 1.165) is 65.9 Å². The maximum Gasteiger partial charge on any atom is 0.262 e. The van der Waals surface area contributed by atoms with Crippen LogP contribution in [-0.4, -0.2) is 161 Å². The monoisotopic (exact) mass is 933 g/mol. The molecule has 1 unspecified atom stereocenters. The Bertz CT molecular complexity index is 2490. The maximum absolute atomic E-state index is 13.0. The molecule has 0 aliphatic carbocycles. The Morgan fingerprint density at radius 1 is 0.765 bits per heavy atom. The number of carbonyl (C=O) groups excluding carboxylic acids is 4. The van der Waals surface area contributed by atoms with Gasteiger partial charge in [-0.1, -0.05) is 19.1 Å². The Labute approximate surface area is 394 Å². The fourth-order valence-electron chi connectivity index (χ4n) is 8.09. The summed E-state index contributed by atoms with van der Waals surface area (Å²) in [5.41, 5.74) is 6.18. The molecule has 2 fully saturated rings. The van der Waals surface area contributed by atoms with Gasteiger partial charge in [0.05, 0.1) is 101 Å². The number of hydrogen-bond acceptors (Lipinski definition) is 16. The third kappa shape index (κ3) is 12.5. The van der Waals surface area contributed by atoms with E-state index in [2.05, 4.69) is 78.9 Å². The highest BCUT2D eigenvalue weighted by atomic mass is 16.6. The highest BCUT2D eigenvalue weighted by Gasteiger charge is 2.44. The van der Waals surface area contributed by atoms with Gasteiger partial charge in [-0.3, -0.25) is 39.3 Å². The number of rotatable bonds is 25. The Kier molecular flexibility index (Phi) is 16.5. The molecule has 2 aromatic carbocycles. The summed E-state index contributed by atoms with van der Waals surface area (Å²) in [6.07, 6.45) is 9.60. The molecule has 2 saturated heterocycles. The van der Waals surface area contributed by atoms with E-state index in [1.807, 2.05) is 34.0 Å². The van der Waals surface area contributed by atoms with E-state index in [9.17, 15) is 19.2 Å². The van der Waals surface area contributed by atoms with E-state index in [1.54, 1.807) is 30.6 Å². The smallest absolute Gasteiger partial charge is 0.262 e. The standard InChI is InChI=1S/C48H59N11O9/c1-34(2)33-68-44-29-49-12-11-40(44)35-28-51-58(30-35)39-6-4-38(5-7-39)56-16-14-55(15-17-56)31-37-32-57(54-53-37)18-20-65-22-24-67-26-25-66-23-21-64-19-13-50-36-3-8-41-42(27-36)48(63)59(47(41)62)43-9-10-45(60)52-46(43)61/h3-8,11-12,27-30,32,34,43,50H,9-10,13-26,31,33H2,1-2H3,(H,52,60,61). The first-order valence-corrected chi connectivity index (χ1v) is 23.2. The topological polar surface area (TPSA) is 210 Å². The molecule has 1 atom stereocenters. The number of aromatic nitrogens is 6. The van der Waals surface area contributed by atoms with E-state index < -0.39 is 29.7 Å². The summed E-state index contributed by atoms with van der Waals surface area (Å²) < 4.78 is 32.3. The van der Waals surface area contributed by atoms with Gasteiger partial charge in [-0.2, -0.15) is 5.10 Å². The van der Waals surface area contributed by atoms with E-state index in [1.165, 1.54) is 5.69 Å². The number of piperazine rings is 1. The number of imide groups is 2. The van der Waals surface area contributed by atoms with Crippen LogP contribution in [0, 0.1) is 5.92 Å². The first-order chi connectivity index (χ1) is 33.2. The summed E-state index contributed by atoms with van der Waals surface area (Å²) in [4.78, 5) is 59.7. The Balaban J connectivity index is 0.627. The molecule has 4 amide bonds. The lowest BCUT2D eigenvalue weighted by Gasteiger charge is -2.35. The second-order valence-electron chi connectivity index (χ2n) is 17.1. The fourth-order valence-corrected chi connectivity index (χ4v) is 8.09. The van der Waals surface area contributed by atoms with Crippen molar-refractivity contribution in [1.82, 2.24) is 44.9 Å². The highest BCUT2D eigenvalue weighted by Crippen LogP contribution is 2.31. The Morgan fingerprint density at radius 3 is 2.21 bits per heavy atom. The number of nitrogens with one attached hydrogen (secondary N) is 2. The van der Waals surface area contributed by atoms with Crippen LogP contribution in [0.1, 0.15) is 53.1 Å². The van der Waals surface area contributed by atoms with Crippen molar-refractivity contribution in [2.24, 2.45) is 5.92 Å². The van der Waals surface area contributed by atoms with Crippen molar-refractivity contribution in [1.29, 1.82) is 0 Å². The van der Waals surface area contributed by atoms with Gasteiger partial charge in [0.2, 0.25) is 11.8 Å². The van der Waals surface area contributed by atoms with Crippen LogP contribution in [-0.2, 0) is 41.6 Å². The van der Waals surface area contributed by atoms with Crippen molar-refractivity contribution < 1.29 is 42.9 Å². The van der Waals surface area contributed by atoms with Crippen LogP contribution in [0.3, 0.4) is 0 Å². The van der Waals surface area contributed by atoms with Crippen LogP contribution < -0.4 is 20.3 Å². The van der Waals surface area contributed by atoms with Gasteiger partial charge in [0, 0.05) is 86.8 Å². The number of hydrogen-bond donors (Lipinski definition) is 2. The molecule has 6 heterocycles. The molecule has 360 valence electrons. The van der Waals surface area contributed by atoms with Crippen molar-refractivity contribution >= 4 is 35.0 Å². The van der Waals surface area contributed by atoms with Gasteiger partial charge in [0.1, 0.15) is 11.8 Å². The molecule has 20 nitrogen and oxygen atoms in total. The summed E-state index contributed by atoms with van der Waals surface area (Å²) in [6, 6.07) is 14.4. The van der Waals surface area contributed by atoms with Gasteiger partial charge in [0.25, 0.3) is 11.8 Å². The number of fused-ring (bicyclic) bond motifs is 1. The number of pyridine rings is 1. The number of amides is 4. The second-order valence-corrected chi connectivity index (χ2v) is 17.1. The number of ether oxygens (including phenoxy) is 5. The van der Waals surface area contributed by atoms with Gasteiger partial charge in [-0.05, 0) is 60.9 Å². The zero-order valence-electron chi connectivity index (χ0n) is 38.6. The van der Waals surface area contributed by atoms with E-state index in [0.29, 0.717) is 84.2 Å². The lowest BCUT2D eigenvalue weighted by molar-refractivity contribution is -0.136. The molecule has 0 spiro atoms. The number of nitrogens with zero attached hydrogens (tertiary/aromatic N) is 9. The van der Waals surface area contributed by atoms with Crippen LogP contribution in [0.5, 0.6) is 5.75 Å². The van der Waals surface area contributed by atoms with Gasteiger partial charge >= 0.3 is 0 Å². The Hall–Kier alpha value is -6.58. The van der Waals surface area contributed by atoms with E-state index >= 15 is 0 Å². The lowest BCUT2D eigenvalue weighted by Crippen LogP contribution is -2.54. The SMILES string of the molecule is CC(C)COc1cnccc1-c1cnn(-c2ccc(N3CCN(Cc4cn(CCOCCOCCOCCOCCNc5ccc6c(c5)C(=O)N(C5CCC(=O)NC5=O)C6=O)nn4)CC3)cc2)c1. The molecule has 8 rings (SSSR count). The molecule has 0 bridgehead atoms. The summed E-state index contributed by atoms with van der Waals surface area (Å²) in [5, 5.41) is 18.7. The molecule has 0 saturated carbocycles. The van der Waals surface area contributed by atoms with Crippen molar-refractivity contribution in [3.8, 4) is 22.6 Å². The number of piperidine rings is 1. The molecule has 20 heteroatoms. The predicted octanol–water partition coefficient (Wildman–Crippen LogP) is 3.46. The number of benzene rings is 2. The summed E-state index contributed by atoms with van der Waals surface area (Å²) in [7, 11) is 0. The average Bonchev–Trinajstić information content (AvgIpc) is 4.08. The van der Waals surface area contributed by atoms with Crippen molar-refractivity contribution in [2.75, 3.05) is 102 Å². The highest BCUT2D eigenvalue weighted by molar-refractivity contribution is 6.23. The first-order valence-electron chi connectivity index (χ1n) is 23.2. The van der Waals surface area contributed by atoms with Crippen molar-refractivity contribution in [3.05, 3.63) is 96.3 Å². The lowest BCUT2D eigenvalue weighted by atomic mass is 10.0. The zero-order chi connectivity index (χ0) is 47.2. The van der Waals surface area contributed by atoms with Gasteiger partial charge in [0.15, 0.2) is 0 Å². The predicted molar refractivity (Wildman–Crippen MR) is 250 cm³/mol. The van der Waals surface area contributed by atoms with Crippen LogP contribution in [0.15, 0.2) is 79.5 Å². The number of carbonyl (C=O) groups is 4. The van der Waals surface area contributed by atoms with Crippen molar-refractivity contribution in [3.63, 3.8) is 0 Å². The molecule has 3 aliphatic rings. The third-order valence-corrected chi connectivity index (χ3v) is 11.7. The minimum atomic E-state index is -0.996. The minimum Gasteiger partial charge on any atom is -0.491 e. The van der Waals surface area contributed by atoms with Crippen LogP contribution in [0.25, 0.3) is 16.8 Å². The first kappa shape index (κ1) is 47.9. The molecule has 3 aromatic heterocycles. The molecule has 3 aliphatic heterocycles. The summed E-state index contributed by atoms with van der Waals surface area (Å²) in [5.74, 6) is -0.948. The maximum atomic E-state index is 13.0. The molecule has 5 aromatic rings. The second kappa shape index (κ2) is 23.4. The fraction of sp³-hybridized carbons (Fsp3) is 0.458. The van der Waals surface area contributed by atoms with Gasteiger partial charge in [-0.25, -0.2) is 9.36 Å². The molecule has 0 radical (unpaired) electrons. The number of anilines is 2. The van der Waals surface area contributed by atoms with Gasteiger partial charge in [-0.15, -0.1) is 5.10 Å². The summed E-state index contributed by atoms with van der Waals surface area (Å²) in [6.45, 7) is 13.9. The third-order valence-electron chi connectivity index (χ3n) is 11.7. The van der Waals surface area contributed by atoms with Crippen LogP contribution in [0.2, 0.25) is 0 Å². The van der Waals surface area contributed by atoms with Crippen LogP contribution >= 0.6 is 0 Å². The molecular weight excluding hydrogens is 875 g/mol. The normalized spacial score (nSPS) is 16.5. The molecule has 68 heavy (non-hydrogen) atoms. The average molecular weight is 934 g/mol. The van der Waals surface area contributed by atoms with Crippen molar-refractivity contribution in [2.45, 2.75) is 45.8 Å². The molecule has 2 N–H and O–H groups in total. The van der Waals surface area contributed by atoms with Crippen LogP contribution in [0.4, 0.5) is 11.4 Å². The van der Waals surface area contributed by atoms with Gasteiger partial charge < -0.3 is 33.9 Å². The molecular formula is C48H59N11O9. The quantitative estimate of drug-likeness (QED) is 0.0634. The largest absolute Gasteiger partial charge is 0.491 e. The zero-order valence-corrected chi connectivity index (χ0v) is 38.6. The van der Waals surface area contributed by atoms with E-state index in [-0.39, 0.29) is 24.0 Å².